The van der Waals surface area contributed by atoms with Crippen LogP contribution in [0, 0.1) is 5.82 Å². The Bertz CT molecular complexity index is 1340. The molecule has 2 heterocycles. The highest BCUT2D eigenvalue weighted by molar-refractivity contribution is 5.69. The van der Waals surface area contributed by atoms with Gasteiger partial charge in [0.2, 0.25) is 5.82 Å². The van der Waals surface area contributed by atoms with E-state index in [1.54, 1.807) is 35.3 Å². The molecule has 5 unspecified atom stereocenters. The second kappa shape index (κ2) is 20.6. The number of aliphatic hydroxyl groups is 2. The van der Waals surface area contributed by atoms with Crippen LogP contribution in [0.4, 0.5) is 9.18 Å². The number of H-pyrrole nitrogens is 1. The molecule has 1 aliphatic rings. The van der Waals surface area contributed by atoms with Crippen molar-refractivity contribution >= 4 is 12.1 Å². The number of amides is 1. The number of unbranched alkanes of at least 4 members (excludes halogenated alkanes) is 12. The number of nitrogens with one attached hydrogen (secondary N) is 2. The average molecular weight is 664 g/mol. The summed E-state index contributed by atoms with van der Waals surface area (Å²) in [5, 5.41) is 24.1. The average Bonchev–Trinajstić information content (AvgIpc) is 3.06. The number of carbonyl (C=O) groups is 2. The molecule has 5 atom stereocenters. The summed E-state index contributed by atoms with van der Waals surface area (Å²) < 4.78 is 31.1. The molecule has 1 aromatic heterocycles. The number of rotatable bonds is 20. The molecule has 4 N–H and O–H groups in total. The zero-order valence-electron chi connectivity index (χ0n) is 27.2. The van der Waals surface area contributed by atoms with Gasteiger partial charge in [-0.05, 0) is 12.0 Å². The maximum absolute atomic E-state index is 14.2. The Labute approximate surface area is 274 Å². The van der Waals surface area contributed by atoms with E-state index in [2.05, 4.69) is 12.2 Å². The molecular formula is C34H50FN3O9. The molecule has 1 saturated heterocycles. The maximum atomic E-state index is 14.2. The first-order valence-corrected chi connectivity index (χ1v) is 16.9. The molecule has 262 valence electrons. The van der Waals surface area contributed by atoms with Gasteiger partial charge >= 0.3 is 17.8 Å². The lowest BCUT2D eigenvalue weighted by Crippen LogP contribution is -2.63. The smallest absolute Gasteiger partial charge is 0.407 e. The zero-order valence-corrected chi connectivity index (χ0v) is 27.2. The SMILES string of the molecule is CCCCCCCCCCCCCCCC(=O)OCC1OC(n2cc(F)c(=O)[nH]c2=O)C(NC(=O)OCc2ccccc2)C(O)C1O. The van der Waals surface area contributed by atoms with Crippen LogP contribution in [0.3, 0.4) is 0 Å². The minimum Gasteiger partial charge on any atom is -0.463 e. The molecule has 1 aliphatic heterocycles. The number of ether oxygens (including phenoxy) is 3. The molecular weight excluding hydrogens is 613 g/mol. The van der Waals surface area contributed by atoms with Crippen molar-refractivity contribution in [3.8, 4) is 0 Å². The number of halogens is 1. The third-order valence-corrected chi connectivity index (χ3v) is 8.31. The van der Waals surface area contributed by atoms with Gasteiger partial charge in [-0.15, -0.1) is 0 Å². The summed E-state index contributed by atoms with van der Waals surface area (Å²) in [6.45, 7) is 1.63. The standard InChI is InChI=1S/C34H50FN3O9/c1-2-3-4-5-6-7-8-9-10-11-12-13-17-20-27(39)45-23-26-29(40)30(41)28(36-34(44)46-22-24-18-15-14-16-19-24)32(47-26)38-21-25(35)31(42)37-33(38)43/h14-16,18-19,21,26,28-30,32,40-41H,2-13,17,20,22-23H2,1H3,(H,36,44)(H,37,42,43). The third kappa shape index (κ3) is 12.9. The summed E-state index contributed by atoms with van der Waals surface area (Å²) in [5.74, 6) is -1.84. The molecule has 0 bridgehead atoms. The molecule has 1 amide bonds. The van der Waals surface area contributed by atoms with Gasteiger partial charge in [-0.1, -0.05) is 114 Å². The Morgan fingerprint density at radius 2 is 1.49 bits per heavy atom. The first kappa shape index (κ1) is 37.9. The van der Waals surface area contributed by atoms with Crippen molar-refractivity contribution in [3.05, 3.63) is 68.7 Å². The Kier molecular flexibility index (Phi) is 16.6. The highest BCUT2D eigenvalue weighted by Crippen LogP contribution is 2.28. The van der Waals surface area contributed by atoms with E-state index in [1.165, 1.54) is 57.8 Å². The van der Waals surface area contributed by atoms with Crippen molar-refractivity contribution in [2.45, 2.75) is 134 Å². The molecule has 47 heavy (non-hydrogen) atoms. The molecule has 2 aromatic rings. The van der Waals surface area contributed by atoms with Gasteiger partial charge in [-0.2, -0.15) is 4.39 Å². The molecule has 12 nitrogen and oxygen atoms in total. The van der Waals surface area contributed by atoms with Crippen LogP contribution in [0.2, 0.25) is 0 Å². The summed E-state index contributed by atoms with van der Waals surface area (Å²) >= 11 is 0. The van der Waals surface area contributed by atoms with E-state index in [0.717, 1.165) is 19.3 Å². The molecule has 0 spiro atoms. The monoisotopic (exact) mass is 663 g/mol. The number of aliphatic hydroxyl groups excluding tert-OH is 2. The predicted molar refractivity (Wildman–Crippen MR) is 172 cm³/mol. The number of alkyl carbamates (subject to hydrolysis) is 1. The van der Waals surface area contributed by atoms with Gasteiger partial charge in [0.1, 0.15) is 37.6 Å². The number of aromatic nitrogens is 2. The molecule has 1 fully saturated rings. The van der Waals surface area contributed by atoms with Crippen LogP contribution in [0.5, 0.6) is 0 Å². The fourth-order valence-corrected chi connectivity index (χ4v) is 5.56. The van der Waals surface area contributed by atoms with Crippen LogP contribution in [0.15, 0.2) is 46.1 Å². The molecule has 0 saturated carbocycles. The quantitative estimate of drug-likeness (QED) is 0.117. The number of hydrogen-bond acceptors (Lipinski definition) is 9. The Morgan fingerprint density at radius 3 is 2.11 bits per heavy atom. The van der Waals surface area contributed by atoms with Gasteiger partial charge in [0, 0.05) is 6.42 Å². The van der Waals surface area contributed by atoms with Crippen molar-refractivity contribution in [2.75, 3.05) is 6.61 Å². The summed E-state index contributed by atoms with van der Waals surface area (Å²) in [4.78, 5) is 51.0. The highest BCUT2D eigenvalue weighted by atomic mass is 19.1. The first-order chi connectivity index (χ1) is 22.7. The van der Waals surface area contributed by atoms with E-state index in [0.29, 0.717) is 22.7 Å². The fourth-order valence-electron chi connectivity index (χ4n) is 5.56. The van der Waals surface area contributed by atoms with E-state index in [9.17, 15) is 33.8 Å². The topological polar surface area (TPSA) is 169 Å². The second-order valence-corrected chi connectivity index (χ2v) is 12.1. The number of aromatic amines is 1. The lowest BCUT2D eigenvalue weighted by atomic mass is 9.96. The first-order valence-electron chi connectivity index (χ1n) is 16.9. The van der Waals surface area contributed by atoms with Gasteiger partial charge in [0.05, 0.1) is 6.20 Å². The largest absolute Gasteiger partial charge is 0.463 e. The van der Waals surface area contributed by atoms with Crippen molar-refractivity contribution in [1.82, 2.24) is 14.9 Å². The van der Waals surface area contributed by atoms with Crippen molar-refractivity contribution in [2.24, 2.45) is 0 Å². The third-order valence-electron chi connectivity index (χ3n) is 8.31. The van der Waals surface area contributed by atoms with Crippen LogP contribution in [0.1, 0.15) is 109 Å². The van der Waals surface area contributed by atoms with Crippen LogP contribution in [0.25, 0.3) is 0 Å². The van der Waals surface area contributed by atoms with E-state index in [-0.39, 0.29) is 13.0 Å². The van der Waals surface area contributed by atoms with E-state index >= 15 is 0 Å². The minimum absolute atomic E-state index is 0.116. The molecule has 1 aromatic carbocycles. The van der Waals surface area contributed by atoms with E-state index in [1.807, 2.05) is 0 Å². The van der Waals surface area contributed by atoms with Gasteiger partial charge in [0.15, 0.2) is 6.23 Å². The van der Waals surface area contributed by atoms with Crippen LogP contribution in [-0.2, 0) is 25.6 Å². The number of nitrogens with zero attached hydrogens (tertiary/aromatic N) is 1. The van der Waals surface area contributed by atoms with Gasteiger partial charge in [-0.3, -0.25) is 19.1 Å². The number of esters is 1. The van der Waals surface area contributed by atoms with E-state index in [4.69, 9.17) is 14.2 Å². The molecule has 3 rings (SSSR count). The Hall–Kier alpha value is -3.55. The summed E-state index contributed by atoms with van der Waals surface area (Å²) in [6, 6.07) is 7.24. The number of benzene rings is 1. The Balaban J connectivity index is 1.47. The molecule has 0 radical (unpaired) electrons. The minimum atomic E-state index is -1.76. The molecule has 0 aliphatic carbocycles. The predicted octanol–water partition coefficient (Wildman–Crippen LogP) is 4.61. The van der Waals surface area contributed by atoms with Gasteiger partial charge < -0.3 is 29.7 Å². The van der Waals surface area contributed by atoms with E-state index < -0.39 is 66.3 Å². The van der Waals surface area contributed by atoms with Gasteiger partial charge in [-0.25, -0.2) is 9.59 Å². The summed E-state index contributed by atoms with van der Waals surface area (Å²) in [5.41, 5.74) is -1.68. The number of hydrogen-bond donors (Lipinski definition) is 4. The van der Waals surface area contributed by atoms with Crippen LogP contribution >= 0.6 is 0 Å². The fraction of sp³-hybridized carbons (Fsp3) is 0.647. The van der Waals surface area contributed by atoms with Gasteiger partial charge in [0.25, 0.3) is 5.56 Å². The van der Waals surface area contributed by atoms with Crippen molar-refractivity contribution in [1.29, 1.82) is 0 Å². The zero-order chi connectivity index (χ0) is 34.0. The lowest BCUT2D eigenvalue weighted by Gasteiger charge is -2.42. The van der Waals surface area contributed by atoms with Crippen molar-refractivity contribution < 1.29 is 38.4 Å². The molecule has 13 heteroatoms. The maximum Gasteiger partial charge on any atom is 0.407 e. The number of carbonyl (C=O) groups excluding carboxylic acids is 2. The normalized spacial score (nSPS) is 20.9. The van der Waals surface area contributed by atoms with Crippen molar-refractivity contribution in [3.63, 3.8) is 0 Å². The second-order valence-electron chi connectivity index (χ2n) is 12.1. The summed E-state index contributed by atoms with van der Waals surface area (Å²) in [7, 11) is 0. The van der Waals surface area contributed by atoms with Crippen LogP contribution < -0.4 is 16.6 Å². The summed E-state index contributed by atoms with van der Waals surface area (Å²) in [6.07, 6.45) is 8.54. The lowest BCUT2D eigenvalue weighted by molar-refractivity contribution is -0.220. The highest BCUT2D eigenvalue weighted by Gasteiger charge is 2.47. The van der Waals surface area contributed by atoms with Crippen LogP contribution in [-0.4, -0.2) is 62.8 Å². The Morgan fingerprint density at radius 1 is 0.894 bits per heavy atom.